The number of benzene rings is 2. The van der Waals surface area contributed by atoms with Crippen LogP contribution in [0.4, 0.5) is 0 Å². The Morgan fingerprint density at radius 1 is 1.07 bits per heavy atom. The van der Waals surface area contributed by atoms with Crippen LogP contribution in [0.25, 0.3) is 11.1 Å². The summed E-state index contributed by atoms with van der Waals surface area (Å²) in [7, 11) is -3.85. The molecule has 0 bridgehead atoms. The fourth-order valence-corrected chi connectivity index (χ4v) is 6.98. The van der Waals surface area contributed by atoms with Gasteiger partial charge < -0.3 is 15.1 Å². The zero-order valence-corrected chi connectivity index (χ0v) is 25.6. The van der Waals surface area contributed by atoms with Crippen LogP contribution in [0.2, 0.25) is 0 Å². The van der Waals surface area contributed by atoms with E-state index in [1.807, 2.05) is 72.3 Å². The summed E-state index contributed by atoms with van der Waals surface area (Å²) in [6, 6.07) is 15.9. The lowest BCUT2D eigenvalue weighted by atomic mass is 9.97. The highest BCUT2D eigenvalue weighted by atomic mass is 32.2. The number of fused-ring (bicyclic) bond motifs is 5. The second kappa shape index (κ2) is 11.7. The predicted octanol–water partition coefficient (Wildman–Crippen LogP) is 3.29. The fraction of sp³-hybridized carbons (Fsp3) is 0.394. The molecule has 0 spiro atoms. The minimum Gasteiger partial charge on any atom is -0.388 e. The van der Waals surface area contributed by atoms with Crippen LogP contribution in [0.3, 0.4) is 0 Å². The summed E-state index contributed by atoms with van der Waals surface area (Å²) in [6.45, 7) is 2.94. The van der Waals surface area contributed by atoms with E-state index in [1.165, 1.54) is 0 Å². The van der Waals surface area contributed by atoms with Crippen molar-refractivity contribution in [3.05, 3.63) is 83.5 Å². The number of rotatable bonds is 5. The first-order chi connectivity index (χ1) is 21.1. The van der Waals surface area contributed by atoms with Gasteiger partial charge in [-0.25, -0.2) is 8.42 Å². The van der Waals surface area contributed by atoms with Crippen LogP contribution >= 0.6 is 0 Å². The lowest BCUT2D eigenvalue weighted by molar-refractivity contribution is -0.133. The van der Waals surface area contributed by atoms with E-state index in [9.17, 15) is 22.8 Å². The third-order valence-electron chi connectivity index (χ3n) is 8.84. The van der Waals surface area contributed by atoms with E-state index in [4.69, 9.17) is 4.84 Å². The summed E-state index contributed by atoms with van der Waals surface area (Å²) in [4.78, 5) is 48.6. The molecule has 0 saturated heterocycles. The lowest BCUT2D eigenvalue weighted by Gasteiger charge is -2.25. The molecule has 2 N–H and O–H groups in total. The molecule has 1 aliphatic heterocycles. The van der Waals surface area contributed by atoms with Crippen LogP contribution in [-0.2, 0) is 29.2 Å². The summed E-state index contributed by atoms with van der Waals surface area (Å²) >= 11 is 0. The molecule has 1 heterocycles. The number of hydrogen-bond acceptors (Lipinski definition) is 7. The quantitative estimate of drug-likeness (QED) is 0.334. The minimum absolute atomic E-state index is 0.148. The molecule has 230 valence electrons. The molecule has 2 aromatic rings. The first kappa shape index (κ1) is 29.8. The van der Waals surface area contributed by atoms with Crippen LogP contribution in [-0.4, -0.2) is 67.7 Å². The number of allylic oxidation sites excluding steroid dienone is 1. The van der Waals surface area contributed by atoms with Crippen molar-refractivity contribution in [1.29, 1.82) is 0 Å². The molecular weight excluding hydrogens is 580 g/mol. The van der Waals surface area contributed by atoms with E-state index in [-0.39, 0.29) is 24.7 Å². The average Bonchev–Trinajstić information content (AvgIpc) is 3.36. The summed E-state index contributed by atoms with van der Waals surface area (Å²) in [5, 5.41) is 7.40. The highest BCUT2D eigenvalue weighted by Gasteiger charge is 2.61. The van der Waals surface area contributed by atoms with Crippen LogP contribution in [0, 0.1) is 11.8 Å². The van der Waals surface area contributed by atoms with Gasteiger partial charge in [-0.05, 0) is 49.8 Å². The van der Waals surface area contributed by atoms with Crippen molar-refractivity contribution < 1.29 is 27.6 Å². The van der Waals surface area contributed by atoms with Crippen LogP contribution in [0.5, 0.6) is 0 Å². The molecule has 0 unspecified atom stereocenters. The van der Waals surface area contributed by atoms with Gasteiger partial charge in [-0.3, -0.25) is 19.1 Å². The maximum atomic E-state index is 13.9. The lowest BCUT2D eigenvalue weighted by Crippen LogP contribution is -2.53. The first-order valence-electron chi connectivity index (χ1n) is 15.1. The van der Waals surface area contributed by atoms with E-state index in [0.717, 1.165) is 47.8 Å². The average molecular weight is 617 g/mol. The molecule has 3 amide bonds. The Morgan fingerprint density at radius 2 is 1.73 bits per heavy atom. The molecule has 10 nitrogen and oxygen atoms in total. The van der Waals surface area contributed by atoms with Gasteiger partial charge in [0.2, 0.25) is 21.8 Å². The second-order valence-electron chi connectivity index (χ2n) is 11.9. The van der Waals surface area contributed by atoms with Crippen molar-refractivity contribution in [2.45, 2.75) is 50.7 Å². The van der Waals surface area contributed by atoms with E-state index >= 15 is 0 Å². The fourth-order valence-electron chi connectivity index (χ4n) is 6.46. The number of carbonyl (C=O) groups is 3. The summed E-state index contributed by atoms with van der Waals surface area (Å²) in [5.74, 6) is -2.81. The molecule has 3 aliphatic carbocycles. The van der Waals surface area contributed by atoms with Gasteiger partial charge in [0.25, 0.3) is 5.91 Å². The van der Waals surface area contributed by atoms with Gasteiger partial charge in [0, 0.05) is 42.1 Å². The van der Waals surface area contributed by atoms with Crippen molar-refractivity contribution in [3.8, 4) is 11.1 Å². The monoisotopic (exact) mass is 616 g/mol. The predicted molar refractivity (Wildman–Crippen MR) is 166 cm³/mol. The Kier molecular flexibility index (Phi) is 7.91. The minimum atomic E-state index is -3.85. The van der Waals surface area contributed by atoms with E-state index in [0.29, 0.717) is 24.4 Å². The largest absolute Gasteiger partial charge is 0.388 e. The Hall–Kier alpha value is -4.25. The van der Waals surface area contributed by atoms with Crippen molar-refractivity contribution in [2.75, 3.05) is 19.3 Å². The Labute approximate surface area is 257 Å². The van der Waals surface area contributed by atoms with Gasteiger partial charge in [-0.15, -0.1) is 0 Å². The SMILES string of the molecule is CCN1CCCC/C=C\[C@H]2C[C@@]2(C(=O)NS(C)(=O)=O)NC(=O)[C@@H]2C[C@@H](ON=C3c4ccccc4-c4ccccc43)C=C2C1=O. The molecule has 1 saturated carbocycles. The molecule has 1 fully saturated rings. The molecule has 0 aromatic heterocycles. The highest BCUT2D eigenvalue weighted by molar-refractivity contribution is 7.89. The van der Waals surface area contributed by atoms with Gasteiger partial charge in [-0.2, -0.15) is 0 Å². The molecule has 44 heavy (non-hydrogen) atoms. The van der Waals surface area contributed by atoms with Crippen molar-refractivity contribution in [2.24, 2.45) is 17.0 Å². The molecular formula is C33H36N4O6S. The second-order valence-corrected chi connectivity index (χ2v) is 13.6. The first-order valence-corrected chi connectivity index (χ1v) is 17.0. The van der Waals surface area contributed by atoms with E-state index in [1.54, 1.807) is 11.0 Å². The van der Waals surface area contributed by atoms with Gasteiger partial charge >= 0.3 is 0 Å². The molecule has 11 heteroatoms. The van der Waals surface area contributed by atoms with Crippen LogP contribution in [0.15, 0.2) is 77.5 Å². The summed E-state index contributed by atoms with van der Waals surface area (Å²) in [6.07, 6.45) is 8.53. The van der Waals surface area contributed by atoms with Crippen molar-refractivity contribution >= 4 is 33.5 Å². The molecule has 6 rings (SSSR count). The third-order valence-corrected chi connectivity index (χ3v) is 9.39. The maximum absolute atomic E-state index is 13.9. The van der Waals surface area contributed by atoms with Gasteiger partial charge in [-0.1, -0.05) is 65.8 Å². The van der Waals surface area contributed by atoms with Crippen LogP contribution < -0.4 is 10.0 Å². The maximum Gasteiger partial charge on any atom is 0.259 e. The normalized spacial score (nSPS) is 27.0. The Balaban J connectivity index is 1.31. The van der Waals surface area contributed by atoms with Crippen molar-refractivity contribution in [1.82, 2.24) is 14.9 Å². The van der Waals surface area contributed by atoms with Crippen molar-refractivity contribution in [3.63, 3.8) is 0 Å². The number of likely N-dealkylation sites (N-methyl/N-ethyl adjacent to an activating group) is 1. The molecule has 2 aromatic carbocycles. The number of sulfonamides is 1. The van der Waals surface area contributed by atoms with E-state index in [2.05, 4.69) is 10.5 Å². The standard InChI is InChI=1S/C33H36N4O6S/c1-3-37-17-11-5-4-6-12-21-20-33(21,32(40)36-44(2,41)42)34-30(38)27-18-22(19-28(27)31(37)39)43-35-29-25-15-9-7-13-23(25)24-14-8-10-16-26(24)29/h6-10,12-16,19,21-22,27H,3-5,11,17-18,20H2,1-2H3,(H,34,38)(H,36,40)/b12-6-/t21-,22+,27+,33+/m0/s1. The number of nitrogens with zero attached hydrogens (tertiary/aromatic N) is 2. The molecule has 4 aliphatic rings. The number of amides is 3. The third kappa shape index (κ3) is 5.68. The smallest absolute Gasteiger partial charge is 0.259 e. The topological polar surface area (TPSA) is 134 Å². The number of hydrogen-bond donors (Lipinski definition) is 2. The Bertz CT molecular complexity index is 1670. The van der Waals surface area contributed by atoms with Crippen LogP contribution in [0.1, 0.15) is 50.2 Å². The highest BCUT2D eigenvalue weighted by Crippen LogP contribution is 2.46. The van der Waals surface area contributed by atoms with E-state index < -0.39 is 39.4 Å². The Morgan fingerprint density at radius 3 is 2.36 bits per heavy atom. The summed E-state index contributed by atoms with van der Waals surface area (Å²) < 4.78 is 25.9. The molecule has 0 radical (unpaired) electrons. The summed E-state index contributed by atoms with van der Waals surface area (Å²) in [5.41, 5.74) is 3.57. The van der Waals surface area contributed by atoms with Gasteiger partial charge in [0.15, 0.2) is 0 Å². The molecule has 4 atom stereocenters. The van der Waals surface area contributed by atoms with Gasteiger partial charge in [0.1, 0.15) is 17.4 Å². The zero-order valence-electron chi connectivity index (χ0n) is 24.8. The zero-order chi connectivity index (χ0) is 31.1. The van der Waals surface area contributed by atoms with Gasteiger partial charge in [0.05, 0.1) is 12.2 Å². The number of nitrogens with one attached hydrogen (secondary N) is 2. The number of carbonyl (C=O) groups excluding carboxylic acids is 3. The number of oxime groups is 1.